The number of aromatic nitrogens is 2. The maximum absolute atomic E-state index is 12.4. The van der Waals surface area contributed by atoms with Crippen LogP contribution in [0.2, 0.25) is 0 Å². The van der Waals surface area contributed by atoms with E-state index >= 15 is 0 Å². The van der Waals surface area contributed by atoms with Gasteiger partial charge in [0.05, 0.1) is 0 Å². The van der Waals surface area contributed by atoms with Gasteiger partial charge in [0.2, 0.25) is 0 Å². The van der Waals surface area contributed by atoms with E-state index in [1.165, 1.54) is 44.9 Å². The van der Waals surface area contributed by atoms with Crippen molar-refractivity contribution in [3.8, 4) is 0 Å². The third-order valence-electron chi connectivity index (χ3n) is 5.08. The van der Waals surface area contributed by atoms with Crippen molar-refractivity contribution in [2.45, 2.75) is 76.9 Å². The summed E-state index contributed by atoms with van der Waals surface area (Å²) in [5.41, 5.74) is 0.191. The number of nitrogens with zero attached hydrogens (tertiary/aromatic N) is 2. The number of imidazole rings is 1. The highest BCUT2D eigenvalue weighted by Gasteiger charge is 2.27. The second-order valence-electron chi connectivity index (χ2n) is 6.83. The van der Waals surface area contributed by atoms with Gasteiger partial charge in [0, 0.05) is 31.0 Å². The van der Waals surface area contributed by atoms with Crippen molar-refractivity contribution in [2.24, 2.45) is 5.92 Å². The molecule has 118 valence electrons. The third kappa shape index (κ3) is 3.60. The zero-order valence-corrected chi connectivity index (χ0v) is 13.3. The molecule has 0 radical (unpaired) electrons. The van der Waals surface area contributed by atoms with E-state index in [4.69, 9.17) is 0 Å². The van der Waals surface area contributed by atoms with Crippen molar-refractivity contribution in [1.29, 1.82) is 0 Å². The molecule has 1 aromatic heterocycles. The van der Waals surface area contributed by atoms with Crippen LogP contribution in [-0.4, -0.2) is 21.7 Å². The fourth-order valence-electron chi connectivity index (χ4n) is 3.66. The van der Waals surface area contributed by atoms with Crippen LogP contribution < -0.4 is 11.0 Å². The molecule has 2 aliphatic rings. The lowest BCUT2D eigenvalue weighted by molar-refractivity contribution is 0.246. The van der Waals surface area contributed by atoms with Crippen LogP contribution in [0.5, 0.6) is 0 Å². The standard InChI is InChI=1S/C17H29N3O/c1-2-10-18-16(14-6-4-3-5-7-14)13-19-11-12-20(17(19)21)15-8-9-15/h11-12,14-16,18H,2-10,13H2,1H3. The predicted molar refractivity (Wildman–Crippen MR) is 85.6 cm³/mol. The molecular weight excluding hydrogens is 262 g/mol. The van der Waals surface area contributed by atoms with Crippen LogP contribution in [-0.2, 0) is 6.54 Å². The summed E-state index contributed by atoms with van der Waals surface area (Å²) < 4.78 is 3.86. The number of rotatable bonds is 7. The van der Waals surface area contributed by atoms with E-state index in [1.54, 1.807) is 0 Å². The zero-order valence-electron chi connectivity index (χ0n) is 13.3. The fourth-order valence-corrected chi connectivity index (χ4v) is 3.66. The molecule has 3 rings (SSSR count). The molecule has 1 N–H and O–H groups in total. The normalized spacial score (nSPS) is 21.6. The Bertz CT molecular complexity index is 494. The van der Waals surface area contributed by atoms with Gasteiger partial charge < -0.3 is 5.32 Å². The Morgan fingerprint density at radius 2 is 1.95 bits per heavy atom. The van der Waals surface area contributed by atoms with Crippen molar-refractivity contribution < 1.29 is 0 Å². The van der Waals surface area contributed by atoms with E-state index < -0.39 is 0 Å². The zero-order chi connectivity index (χ0) is 14.7. The predicted octanol–water partition coefficient (Wildman–Crippen LogP) is 2.93. The van der Waals surface area contributed by atoms with Crippen LogP contribution in [0, 0.1) is 5.92 Å². The molecule has 1 atom stereocenters. The highest BCUT2D eigenvalue weighted by molar-refractivity contribution is 4.92. The first-order valence-electron chi connectivity index (χ1n) is 8.80. The molecule has 1 aromatic rings. The molecular formula is C17H29N3O. The Morgan fingerprint density at radius 3 is 2.62 bits per heavy atom. The molecule has 0 amide bonds. The first-order chi connectivity index (χ1) is 10.3. The second kappa shape index (κ2) is 6.82. The third-order valence-corrected chi connectivity index (χ3v) is 5.08. The summed E-state index contributed by atoms with van der Waals surface area (Å²) in [5.74, 6) is 0.737. The van der Waals surface area contributed by atoms with Gasteiger partial charge in [-0.2, -0.15) is 0 Å². The number of hydrogen-bond acceptors (Lipinski definition) is 2. The van der Waals surface area contributed by atoms with Crippen LogP contribution >= 0.6 is 0 Å². The second-order valence-corrected chi connectivity index (χ2v) is 6.83. The van der Waals surface area contributed by atoms with E-state index in [-0.39, 0.29) is 5.69 Å². The van der Waals surface area contributed by atoms with E-state index in [2.05, 4.69) is 12.2 Å². The molecule has 1 heterocycles. The Hall–Kier alpha value is -1.03. The Balaban J connectivity index is 1.69. The number of nitrogens with one attached hydrogen (secondary N) is 1. The molecule has 0 aliphatic heterocycles. The minimum atomic E-state index is 0.191. The van der Waals surface area contributed by atoms with E-state index in [9.17, 15) is 4.79 Å². The summed E-state index contributed by atoms with van der Waals surface area (Å²) in [6, 6.07) is 0.938. The van der Waals surface area contributed by atoms with Crippen LogP contribution in [0.3, 0.4) is 0 Å². The molecule has 21 heavy (non-hydrogen) atoms. The van der Waals surface area contributed by atoms with Crippen molar-refractivity contribution in [3.05, 3.63) is 22.9 Å². The Labute approximate surface area is 127 Å². The summed E-state index contributed by atoms with van der Waals surface area (Å²) in [6.07, 6.45) is 14.2. The fraction of sp³-hybridized carbons (Fsp3) is 0.824. The topological polar surface area (TPSA) is 39.0 Å². The molecule has 4 nitrogen and oxygen atoms in total. The molecule has 2 aliphatic carbocycles. The summed E-state index contributed by atoms with van der Waals surface area (Å²) in [5, 5.41) is 3.70. The first-order valence-corrected chi connectivity index (χ1v) is 8.80. The lowest BCUT2D eigenvalue weighted by Gasteiger charge is -2.31. The number of hydrogen-bond donors (Lipinski definition) is 1. The molecule has 2 fully saturated rings. The highest BCUT2D eigenvalue weighted by atomic mass is 16.1. The van der Waals surface area contributed by atoms with E-state index in [0.717, 1.165) is 25.4 Å². The van der Waals surface area contributed by atoms with Crippen LogP contribution in [0.15, 0.2) is 17.2 Å². The molecule has 0 aromatic carbocycles. The Morgan fingerprint density at radius 1 is 1.19 bits per heavy atom. The first kappa shape index (κ1) is 14.9. The van der Waals surface area contributed by atoms with Gasteiger partial charge in [-0.1, -0.05) is 26.2 Å². The maximum atomic E-state index is 12.4. The lowest BCUT2D eigenvalue weighted by Crippen LogP contribution is -2.43. The smallest absolute Gasteiger partial charge is 0.312 e. The van der Waals surface area contributed by atoms with Crippen LogP contribution in [0.25, 0.3) is 0 Å². The monoisotopic (exact) mass is 291 g/mol. The SMILES string of the molecule is CCCNC(Cn1ccn(C2CC2)c1=O)C1CCCCC1. The van der Waals surface area contributed by atoms with E-state index in [0.29, 0.717) is 12.1 Å². The minimum absolute atomic E-state index is 0.191. The molecule has 4 heteroatoms. The minimum Gasteiger partial charge on any atom is -0.312 e. The van der Waals surface area contributed by atoms with E-state index in [1.807, 2.05) is 21.5 Å². The summed E-state index contributed by atoms with van der Waals surface area (Å²) in [4.78, 5) is 12.4. The average molecular weight is 291 g/mol. The van der Waals surface area contributed by atoms with Crippen LogP contribution in [0.1, 0.15) is 64.3 Å². The van der Waals surface area contributed by atoms with Crippen molar-refractivity contribution in [3.63, 3.8) is 0 Å². The molecule has 0 saturated heterocycles. The van der Waals surface area contributed by atoms with Gasteiger partial charge in [0.1, 0.15) is 0 Å². The quantitative estimate of drug-likeness (QED) is 0.839. The van der Waals surface area contributed by atoms with Gasteiger partial charge in [-0.15, -0.1) is 0 Å². The average Bonchev–Trinajstić information content (AvgIpc) is 3.29. The summed E-state index contributed by atoms with van der Waals surface area (Å²) in [6.45, 7) is 4.10. The maximum Gasteiger partial charge on any atom is 0.328 e. The summed E-state index contributed by atoms with van der Waals surface area (Å²) >= 11 is 0. The highest BCUT2D eigenvalue weighted by Crippen LogP contribution is 2.33. The largest absolute Gasteiger partial charge is 0.328 e. The van der Waals surface area contributed by atoms with Crippen molar-refractivity contribution in [2.75, 3.05) is 6.54 Å². The summed E-state index contributed by atoms with van der Waals surface area (Å²) in [7, 11) is 0. The van der Waals surface area contributed by atoms with Crippen molar-refractivity contribution in [1.82, 2.24) is 14.5 Å². The van der Waals surface area contributed by atoms with Gasteiger partial charge in [0.25, 0.3) is 0 Å². The molecule has 0 bridgehead atoms. The lowest BCUT2D eigenvalue weighted by atomic mass is 9.83. The van der Waals surface area contributed by atoms with Crippen molar-refractivity contribution >= 4 is 0 Å². The van der Waals surface area contributed by atoms with Gasteiger partial charge in [0.15, 0.2) is 0 Å². The molecule has 0 spiro atoms. The molecule has 1 unspecified atom stereocenters. The van der Waals surface area contributed by atoms with Gasteiger partial charge >= 0.3 is 5.69 Å². The van der Waals surface area contributed by atoms with Crippen LogP contribution in [0.4, 0.5) is 0 Å². The molecule has 2 saturated carbocycles. The van der Waals surface area contributed by atoms with Gasteiger partial charge in [-0.3, -0.25) is 9.13 Å². The van der Waals surface area contributed by atoms with Gasteiger partial charge in [-0.05, 0) is 44.6 Å². The van der Waals surface area contributed by atoms with Gasteiger partial charge in [-0.25, -0.2) is 4.79 Å². The Kier molecular flexibility index (Phi) is 4.84.